The van der Waals surface area contributed by atoms with Crippen LogP contribution in [0.5, 0.6) is 0 Å². The molecular formula is C14H23N3. The lowest BCUT2D eigenvalue weighted by molar-refractivity contribution is 0.625. The van der Waals surface area contributed by atoms with Gasteiger partial charge in [-0.15, -0.1) is 0 Å². The number of nitrogens with zero attached hydrogens (tertiary/aromatic N) is 2. The Balaban J connectivity index is 2.10. The van der Waals surface area contributed by atoms with Crippen LogP contribution in [-0.4, -0.2) is 24.1 Å². The number of pyridine rings is 1. The molecular weight excluding hydrogens is 210 g/mol. The van der Waals surface area contributed by atoms with E-state index in [9.17, 15) is 0 Å². The van der Waals surface area contributed by atoms with Crippen LogP contribution in [0, 0.1) is 5.92 Å². The van der Waals surface area contributed by atoms with Gasteiger partial charge in [0.15, 0.2) is 0 Å². The number of anilines is 1. The van der Waals surface area contributed by atoms with Crippen LogP contribution in [0.2, 0.25) is 0 Å². The molecule has 0 saturated carbocycles. The quantitative estimate of drug-likeness (QED) is 0.865. The minimum absolute atomic E-state index is 0.652. The summed E-state index contributed by atoms with van der Waals surface area (Å²) in [6, 6.07) is 5.00. The molecule has 2 unspecified atom stereocenters. The number of hydrogen-bond acceptors (Lipinski definition) is 3. The fourth-order valence-corrected chi connectivity index (χ4v) is 2.65. The minimum atomic E-state index is 0.652. The normalized spacial score (nSPS) is 24.3. The van der Waals surface area contributed by atoms with E-state index in [1.807, 2.05) is 6.20 Å². The van der Waals surface area contributed by atoms with Gasteiger partial charge in [-0.25, -0.2) is 0 Å². The van der Waals surface area contributed by atoms with Gasteiger partial charge in [0.05, 0.1) is 5.69 Å². The summed E-state index contributed by atoms with van der Waals surface area (Å²) in [6.45, 7) is 9.79. The van der Waals surface area contributed by atoms with Gasteiger partial charge < -0.3 is 10.2 Å². The molecule has 1 aliphatic heterocycles. The lowest BCUT2D eigenvalue weighted by Gasteiger charge is -2.24. The van der Waals surface area contributed by atoms with Gasteiger partial charge in [-0.05, 0) is 37.9 Å². The number of nitrogens with one attached hydrogen (secondary N) is 1. The van der Waals surface area contributed by atoms with Crippen LogP contribution in [-0.2, 0) is 6.54 Å². The first-order valence-electron chi connectivity index (χ1n) is 6.63. The highest BCUT2D eigenvalue weighted by atomic mass is 15.2. The summed E-state index contributed by atoms with van der Waals surface area (Å²) >= 11 is 0. The number of rotatable bonds is 4. The van der Waals surface area contributed by atoms with Crippen molar-refractivity contribution in [3.05, 3.63) is 24.0 Å². The van der Waals surface area contributed by atoms with Gasteiger partial charge in [0, 0.05) is 31.0 Å². The lowest BCUT2D eigenvalue weighted by Crippen LogP contribution is -2.27. The Morgan fingerprint density at radius 1 is 1.47 bits per heavy atom. The van der Waals surface area contributed by atoms with E-state index in [0.29, 0.717) is 6.04 Å². The van der Waals surface area contributed by atoms with Crippen molar-refractivity contribution in [1.82, 2.24) is 10.3 Å². The molecule has 0 spiro atoms. The summed E-state index contributed by atoms with van der Waals surface area (Å²) in [5, 5.41) is 3.32. The van der Waals surface area contributed by atoms with Gasteiger partial charge in [0.1, 0.15) is 0 Å². The molecule has 1 N–H and O–H groups in total. The van der Waals surface area contributed by atoms with Crippen LogP contribution >= 0.6 is 0 Å². The lowest BCUT2D eigenvalue weighted by atomic mass is 10.1. The molecule has 0 aromatic carbocycles. The molecule has 1 aromatic heterocycles. The molecule has 3 nitrogen and oxygen atoms in total. The Hall–Kier alpha value is -1.09. The average molecular weight is 233 g/mol. The third-order valence-corrected chi connectivity index (χ3v) is 3.47. The summed E-state index contributed by atoms with van der Waals surface area (Å²) < 4.78 is 0. The predicted molar refractivity (Wildman–Crippen MR) is 72.2 cm³/mol. The van der Waals surface area contributed by atoms with Gasteiger partial charge in [-0.1, -0.05) is 13.8 Å². The number of aromatic nitrogens is 1. The second-order valence-electron chi connectivity index (χ2n) is 5.13. The highest BCUT2D eigenvalue weighted by molar-refractivity contribution is 5.48. The van der Waals surface area contributed by atoms with E-state index in [1.165, 1.54) is 18.7 Å². The fraction of sp³-hybridized carbons (Fsp3) is 0.643. The maximum Gasteiger partial charge on any atom is 0.0562 e. The van der Waals surface area contributed by atoms with Gasteiger partial charge in [0.25, 0.3) is 0 Å². The molecule has 3 heteroatoms. The molecule has 17 heavy (non-hydrogen) atoms. The summed E-state index contributed by atoms with van der Waals surface area (Å²) in [5.74, 6) is 0.801. The summed E-state index contributed by atoms with van der Waals surface area (Å²) in [7, 11) is 0. The fourth-order valence-electron chi connectivity index (χ4n) is 2.65. The molecule has 2 atom stereocenters. The maximum absolute atomic E-state index is 4.40. The molecule has 0 aliphatic carbocycles. The van der Waals surface area contributed by atoms with Crippen molar-refractivity contribution >= 4 is 5.69 Å². The van der Waals surface area contributed by atoms with E-state index in [2.05, 4.69) is 48.1 Å². The van der Waals surface area contributed by atoms with Crippen molar-refractivity contribution in [2.45, 2.75) is 39.8 Å². The summed E-state index contributed by atoms with van der Waals surface area (Å²) in [6.07, 6.45) is 3.22. The van der Waals surface area contributed by atoms with Crippen LogP contribution < -0.4 is 10.2 Å². The van der Waals surface area contributed by atoms with Crippen LogP contribution in [0.1, 0.15) is 32.9 Å². The zero-order valence-electron chi connectivity index (χ0n) is 11.1. The second-order valence-corrected chi connectivity index (χ2v) is 5.13. The molecule has 94 valence electrons. The van der Waals surface area contributed by atoms with E-state index in [0.717, 1.165) is 24.7 Å². The Morgan fingerprint density at radius 3 is 2.94 bits per heavy atom. The van der Waals surface area contributed by atoms with Crippen LogP contribution in [0.15, 0.2) is 18.3 Å². The highest BCUT2D eigenvalue weighted by Crippen LogP contribution is 2.28. The molecule has 0 radical (unpaired) electrons. The third kappa shape index (κ3) is 2.97. The van der Waals surface area contributed by atoms with Crippen molar-refractivity contribution in [3.8, 4) is 0 Å². The first-order valence-corrected chi connectivity index (χ1v) is 6.63. The molecule has 1 aliphatic rings. The molecule has 2 heterocycles. The Morgan fingerprint density at radius 2 is 2.29 bits per heavy atom. The minimum Gasteiger partial charge on any atom is -0.368 e. The van der Waals surface area contributed by atoms with Gasteiger partial charge in [-0.3, -0.25) is 4.98 Å². The molecule has 0 bridgehead atoms. The molecule has 1 fully saturated rings. The smallest absolute Gasteiger partial charge is 0.0562 e. The van der Waals surface area contributed by atoms with Crippen molar-refractivity contribution in [3.63, 3.8) is 0 Å². The third-order valence-electron chi connectivity index (χ3n) is 3.47. The first-order chi connectivity index (χ1) is 8.20. The number of hydrogen-bond donors (Lipinski definition) is 1. The zero-order chi connectivity index (χ0) is 12.3. The second kappa shape index (κ2) is 5.50. The van der Waals surface area contributed by atoms with Crippen LogP contribution in [0.25, 0.3) is 0 Å². The largest absolute Gasteiger partial charge is 0.368 e. The van der Waals surface area contributed by atoms with Crippen molar-refractivity contribution in [2.75, 3.05) is 18.0 Å². The van der Waals surface area contributed by atoms with E-state index < -0.39 is 0 Å². The Kier molecular flexibility index (Phi) is 4.00. The average Bonchev–Trinajstić information content (AvgIpc) is 2.66. The van der Waals surface area contributed by atoms with Crippen LogP contribution in [0.3, 0.4) is 0 Å². The highest BCUT2D eigenvalue weighted by Gasteiger charge is 2.26. The van der Waals surface area contributed by atoms with Gasteiger partial charge in [0.2, 0.25) is 0 Å². The molecule has 1 aromatic rings. The van der Waals surface area contributed by atoms with Gasteiger partial charge >= 0.3 is 0 Å². The van der Waals surface area contributed by atoms with E-state index in [4.69, 9.17) is 0 Å². The van der Waals surface area contributed by atoms with E-state index in [-0.39, 0.29) is 0 Å². The molecule has 0 amide bonds. The van der Waals surface area contributed by atoms with E-state index in [1.54, 1.807) is 0 Å². The topological polar surface area (TPSA) is 28.2 Å². The summed E-state index contributed by atoms with van der Waals surface area (Å²) in [4.78, 5) is 6.90. The predicted octanol–water partition coefficient (Wildman–Crippen LogP) is 2.43. The summed E-state index contributed by atoms with van der Waals surface area (Å²) in [5.41, 5.74) is 2.46. The Bertz CT molecular complexity index is 364. The first kappa shape index (κ1) is 12.4. The molecule has 1 saturated heterocycles. The molecule has 2 rings (SSSR count). The standard InChI is InChI=1S/C14H23N3/c1-4-15-9-13-8-14(5-6-16-13)17-10-11(2)7-12(17)3/h5-6,8,11-12,15H,4,7,9-10H2,1-3H3. The van der Waals surface area contributed by atoms with Crippen molar-refractivity contribution < 1.29 is 0 Å². The Labute approximate surface area is 104 Å². The van der Waals surface area contributed by atoms with Crippen molar-refractivity contribution in [2.24, 2.45) is 5.92 Å². The van der Waals surface area contributed by atoms with E-state index >= 15 is 0 Å². The van der Waals surface area contributed by atoms with Gasteiger partial charge in [-0.2, -0.15) is 0 Å². The zero-order valence-corrected chi connectivity index (χ0v) is 11.1. The SMILES string of the molecule is CCNCc1cc(N2CC(C)CC2C)ccn1. The van der Waals surface area contributed by atoms with Crippen LogP contribution in [0.4, 0.5) is 5.69 Å². The maximum atomic E-state index is 4.40. The van der Waals surface area contributed by atoms with Crippen molar-refractivity contribution in [1.29, 1.82) is 0 Å². The monoisotopic (exact) mass is 233 g/mol.